The second-order valence-electron chi connectivity index (χ2n) is 3.93. The number of unbranched alkanes of at least 4 members (excludes halogenated alkanes) is 1. The average molecular weight is 267 g/mol. The Hall–Kier alpha value is -1.69. The second-order valence-corrected chi connectivity index (χ2v) is 4.27. The first-order chi connectivity index (χ1) is 8.70. The van der Waals surface area contributed by atoms with E-state index in [4.69, 9.17) is 11.6 Å². The molecular formula is C11H15ClN6. The Morgan fingerprint density at radius 1 is 1.33 bits per heavy atom. The number of rotatable bonds is 5. The van der Waals surface area contributed by atoms with Crippen molar-refractivity contribution in [2.45, 2.75) is 19.8 Å². The van der Waals surface area contributed by atoms with Crippen LogP contribution in [-0.4, -0.2) is 38.3 Å². The molecular weight excluding hydrogens is 252 g/mol. The zero-order valence-electron chi connectivity index (χ0n) is 10.4. The largest absolute Gasteiger partial charge is 0.344 e. The molecule has 0 unspecified atom stereocenters. The monoisotopic (exact) mass is 266 g/mol. The third-order valence-electron chi connectivity index (χ3n) is 2.48. The Balaban J connectivity index is 2.26. The molecule has 0 saturated heterocycles. The van der Waals surface area contributed by atoms with Crippen LogP contribution in [0.3, 0.4) is 0 Å². The lowest BCUT2D eigenvalue weighted by Gasteiger charge is -2.16. The second kappa shape index (κ2) is 5.77. The molecule has 7 heteroatoms. The maximum absolute atomic E-state index is 5.92. The van der Waals surface area contributed by atoms with E-state index in [9.17, 15) is 0 Å². The van der Waals surface area contributed by atoms with Crippen LogP contribution in [0.2, 0.25) is 5.28 Å². The summed E-state index contributed by atoms with van der Waals surface area (Å²) in [5.74, 6) is 0.993. The van der Waals surface area contributed by atoms with Crippen LogP contribution < -0.4 is 4.90 Å². The fourth-order valence-corrected chi connectivity index (χ4v) is 1.64. The third kappa shape index (κ3) is 2.95. The van der Waals surface area contributed by atoms with E-state index in [1.165, 1.54) is 0 Å². The van der Waals surface area contributed by atoms with Crippen molar-refractivity contribution in [3.8, 4) is 5.95 Å². The fraction of sp³-hybridized carbons (Fsp3) is 0.455. The van der Waals surface area contributed by atoms with E-state index in [-0.39, 0.29) is 5.28 Å². The lowest BCUT2D eigenvalue weighted by Crippen LogP contribution is -2.22. The quantitative estimate of drug-likeness (QED) is 0.828. The van der Waals surface area contributed by atoms with Gasteiger partial charge >= 0.3 is 0 Å². The number of hydrogen-bond donors (Lipinski definition) is 0. The van der Waals surface area contributed by atoms with Crippen molar-refractivity contribution < 1.29 is 0 Å². The van der Waals surface area contributed by atoms with E-state index in [2.05, 4.69) is 27.0 Å². The first-order valence-corrected chi connectivity index (χ1v) is 6.21. The zero-order chi connectivity index (χ0) is 13.0. The first kappa shape index (κ1) is 12.8. The lowest BCUT2D eigenvalue weighted by atomic mass is 10.3. The minimum absolute atomic E-state index is 0.175. The van der Waals surface area contributed by atoms with Crippen molar-refractivity contribution in [1.82, 2.24) is 24.7 Å². The molecule has 0 radical (unpaired) electrons. The molecule has 2 heterocycles. The van der Waals surface area contributed by atoms with Gasteiger partial charge in [-0.05, 0) is 24.1 Å². The molecule has 2 rings (SSSR count). The smallest absolute Gasteiger partial charge is 0.256 e. The fourth-order valence-electron chi connectivity index (χ4n) is 1.49. The molecule has 96 valence electrons. The molecule has 0 aliphatic heterocycles. The molecule has 0 saturated carbocycles. The van der Waals surface area contributed by atoms with Crippen LogP contribution in [0.1, 0.15) is 19.8 Å². The predicted molar refractivity (Wildman–Crippen MR) is 70.1 cm³/mol. The summed E-state index contributed by atoms with van der Waals surface area (Å²) in [6.07, 6.45) is 5.63. The van der Waals surface area contributed by atoms with Gasteiger partial charge in [-0.3, -0.25) is 0 Å². The molecule has 0 atom stereocenters. The Labute approximate surface area is 111 Å². The molecule has 0 aliphatic carbocycles. The molecule has 0 spiro atoms. The molecule has 2 aromatic heterocycles. The Kier molecular flexibility index (Phi) is 4.09. The molecule has 6 nitrogen and oxygen atoms in total. The summed E-state index contributed by atoms with van der Waals surface area (Å²) < 4.78 is 1.56. The Morgan fingerprint density at radius 3 is 2.83 bits per heavy atom. The summed E-state index contributed by atoms with van der Waals surface area (Å²) in [4.78, 5) is 14.5. The zero-order valence-corrected chi connectivity index (χ0v) is 11.2. The molecule has 0 aliphatic rings. The van der Waals surface area contributed by atoms with E-state index in [1.807, 2.05) is 11.9 Å². The Morgan fingerprint density at radius 2 is 2.17 bits per heavy atom. The van der Waals surface area contributed by atoms with Crippen molar-refractivity contribution >= 4 is 17.5 Å². The normalized spacial score (nSPS) is 10.6. The number of hydrogen-bond acceptors (Lipinski definition) is 5. The molecule has 18 heavy (non-hydrogen) atoms. The van der Waals surface area contributed by atoms with Crippen molar-refractivity contribution in [2.75, 3.05) is 18.5 Å². The standard InChI is InChI=1S/C11H15ClN6/c1-3-4-7-17(2)10-14-9(12)15-11(16-10)18-8-5-6-13-18/h5-6,8H,3-4,7H2,1-2H3. The first-order valence-electron chi connectivity index (χ1n) is 5.83. The number of nitrogens with zero attached hydrogens (tertiary/aromatic N) is 6. The van der Waals surface area contributed by atoms with Crippen molar-refractivity contribution in [3.05, 3.63) is 23.7 Å². The van der Waals surface area contributed by atoms with E-state index < -0.39 is 0 Å². The lowest BCUT2D eigenvalue weighted by molar-refractivity contribution is 0.732. The van der Waals surface area contributed by atoms with Gasteiger partial charge in [-0.2, -0.15) is 20.1 Å². The highest BCUT2D eigenvalue weighted by atomic mass is 35.5. The van der Waals surface area contributed by atoms with Crippen LogP contribution in [0.4, 0.5) is 5.95 Å². The van der Waals surface area contributed by atoms with Crippen molar-refractivity contribution in [3.63, 3.8) is 0 Å². The Bertz CT molecular complexity index is 498. The van der Waals surface area contributed by atoms with Crippen LogP contribution >= 0.6 is 11.6 Å². The van der Waals surface area contributed by atoms with Crippen LogP contribution in [0.5, 0.6) is 0 Å². The molecule has 0 fully saturated rings. The molecule has 0 N–H and O–H groups in total. The van der Waals surface area contributed by atoms with Gasteiger partial charge in [0.25, 0.3) is 5.95 Å². The van der Waals surface area contributed by atoms with Gasteiger partial charge in [-0.15, -0.1) is 0 Å². The van der Waals surface area contributed by atoms with Crippen molar-refractivity contribution in [2.24, 2.45) is 0 Å². The summed E-state index contributed by atoms with van der Waals surface area (Å²) in [7, 11) is 1.94. The van der Waals surface area contributed by atoms with Gasteiger partial charge in [-0.25, -0.2) is 4.68 Å². The van der Waals surface area contributed by atoms with Gasteiger partial charge in [0.05, 0.1) is 0 Å². The van der Waals surface area contributed by atoms with E-state index in [0.29, 0.717) is 11.9 Å². The highest BCUT2D eigenvalue weighted by Gasteiger charge is 2.10. The van der Waals surface area contributed by atoms with E-state index in [1.54, 1.807) is 23.1 Å². The molecule has 0 amide bonds. The van der Waals surface area contributed by atoms with Crippen LogP contribution in [0.15, 0.2) is 18.5 Å². The maximum Gasteiger partial charge on any atom is 0.256 e. The van der Waals surface area contributed by atoms with Gasteiger partial charge in [0.1, 0.15) is 0 Å². The minimum Gasteiger partial charge on any atom is -0.344 e. The molecule has 0 bridgehead atoms. The van der Waals surface area contributed by atoms with Crippen LogP contribution in [-0.2, 0) is 0 Å². The highest BCUT2D eigenvalue weighted by molar-refractivity contribution is 6.28. The van der Waals surface area contributed by atoms with Gasteiger partial charge < -0.3 is 4.90 Å². The highest BCUT2D eigenvalue weighted by Crippen LogP contribution is 2.12. The third-order valence-corrected chi connectivity index (χ3v) is 2.65. The number of aromatic nitrogens is 5. The van der Waals surface area contributed by atoms with Crippen LogP contribution in [0.25, 0.3) is 5.95 Å². The van der Waals surface area contributed by atoms with Gasteiger partial charge in [-0.1, -0.05) is 13.3 Å². The SMILES string of the molecule is CCCCN(C)c1nc(Cl)nc(-n2cccn2)n1. The van der Waals surface area contributed by atoms with E-state index in [0.717, 1.165) is 19.4 Å². The molecule has 2 aromatic rings. The van der Waals surface area contributed by atoms with E-state index >= 15 is 0 Å². The summed E-state index contributed by atoms with van der Waals surface area (Å²) in [5.41, 5.74) is 0. The summed E-state index contributed by atoms with van der Waals surface area (Å²) in [6, 6.07) is 1.80. The number of halogens is 1. The summed E-state index contributed by atoms with van der Waals surface area (Å²) >= 11 is 5.92. The van der Waals surface area contributed by atoms with Crippen LogP contribution in [0, 0.1) is 0 Å². The topological polar surface area (TPSA) is 59.7 Å². The average Bonchev–Trinajstić information content (AvgIpc) is 2.89. The summed E-state index contributed by atoms with van der Waals surface area (Å²) in [6.45, 7) is 3.03. The number of anilines is 1. The van der Waals surface area contributed by atoms with Gasteiger partial charge in [0.2, 0.25) is 11.2 Å². The minimum atomic E-state index is 0.175. The van der Waals surface area contributed by atoms with Crippen molar-refractivity contribution in [1.29, 1.82) is 0 Å². The predicted octanol–water partition coefficient (Wildman–Crippen LogP) is 1.95. The van der Waals surface area contributed by atoms with Gasteiger partial charge in [0.15, 0.2) is 0 Å². The molecule has 0 aromatic carbocycles. The summed E-state index contributed by atoms with van der Waals surface area (Å²) in [5, 5.41) is 4.25. The van der Waals surface area contributed by atoms with Gasteiger partial charge in [0, 0.05) is 26.0 Å². The maximum atomic E-state index is 5.92.